The number of nitriles is 1. The first-order chi connectivity index (χ1) is 17.4. The smallest absolute Gasteiger partial charge is 0.263 e. The fourth-order valence-corrected chi connectivity index (χ4v) is 6.34. The van der Waals surface area contributed by atoms with E-state index >= 15 is 0 Å². The number of hydrogen-bond donors (Lipinski definition) is 1. The summed E-state index contributed by atoms with van der Waals surface area (Å²) in [4.78, 5) is 21.3. The summed E-state index contributed by atoms with van der Waals surface area (Å²) in [6.45, 7) is 4.00. The number of para-hydroxylation sites is 1. The molecule has 36 heavy (non-hydrogen) atoms. The van der Waals surface area contributed by atoms with Crippen LogP contribution in [0.15, 0.2) is 71.2 Å². The van der Waals surface area contributed by atoms with Crippen LogP contribution in [-0.4, -0.2) is 54.5 Å². The van der Waals surface area contributed by atoms with Gasteiger partial charge in [0.25, 0.3) is 10.0 Å². The summed E-state index contributed by atoms with van der Waals surface area (Å²) in [6.07, 6.45) is 3.28. The number of hydrogen-bond acceptors (Lipinski definition) is 7. The van der Waals surface area contributed by atoms with Crippen LogP contribution in [0.4, 0.5) is 10.8 Å². The van der Waals surface area contributed by atoms with Gasteiger partial charge in [-0.3, -0.25) is 9.52 Å². The van der Waals surface area contributed by atoms with Crippen molar-refractivity contribution >= 4 is 49.0 Å². The molecule has 1 aliphatic rings. The van der Waals surface area contributed by atoms with E-state index in [4.69, 9.17) is 0 Å². The Balaban J connectivity index is 1.24. The normalized spacial score (nSPS) is 16.2. The molecule has 0 spiro atoms. The predicted octanol–water partition coefficient (Wildman–Crippen LogP) is 3.51. The molecule has 1 saturated heterocycles. The lowest BCUT2D eigenvalue weighted by Gasteiger charge is -2.41. The van der Waals surface area contributed by atoms with E-state index in [1.54, 1.807) is 42.0 Å². The van der Waals surface area contributed by atoms with E-state index in [0.717, 1.165) is 16.6 Å². The van der Waals surface area contributed by atoms with Crippen molar-refractivity contribution in [3.8, 4) is 6.07 Å². The summed E-state index contributed by atoms with van der Waals surface area (Å²) in [6, 6.07) is 16.5. The van der Waals surface area contributed by atoms with E-state index in [2.05, 4.69) is 20.7 Å². The van der Waals surface area contributed by atoms with Gasteiger partial charge < -0.3 is 14.4 Å². The van der Waals surface area contributed by atoms with Crippen molar-refractivity contribution in [3.05, 3.63) is 71.9 Å². The number of sulfonamides is 1. The average molecular weight is 521 g/mol. The zero-order valence-electron chi connectivity index (χ0n) is 19.5. The molecule has 11 heteroatoms. The molecule has 0 radical (unpaired) electrons. The molecule has 1 fully saturated rings. The quantitative estimate of drug-likeness (QED) is 0.417. The summed E-state index contributed by atoms with van der Waals surface area (Å²) in [5, 5.41) is 12.3. The number of rotatable bonds is 6. The summed E-state index contributed by atoms with van der Waals surface area (Å²) in [5.74, 6) is 0.00194. The molecule has 3 heterocycles. The number of carbonyl (C=O) groups is 1. The fraction of sp³-hybridized carbons (Fsp3) is 0.240. The third-order valence-corrected chi connectivity index (χ3v) is 8.50. The van der Waals surface area contributed by atoms with Gasteiger partial charge in [-0.25, -0.2) is 13.4 Å². The van der Waals surface area contributed by atoms with Crippen LogP contribution in [0.5, 0.6) is 0 Å². The molecular weight excluding hydrogens is 496 g/mol. The molecule has 0 saturated carbocycles. The number of thiazole rings is 1. The lowest BCUT2D eigenvalue weighted by atomic mass is 10.1. The van der Waals surface area contributed by atoms with E-state index in [1.165, 1.54) is 11.3 Å². The van der Waals surface area contributed by atoms with E-state index in [-0.39, 0.29) is 23.4 Å². The zero-order valence-corrected chi connectivity index (χ0v) is 21.2. The Morgan fingerprint density at radius 3 is 2.67 bits per heavy atom. The molecule has 9 nitrogen and oxygen atoms in total. The number of anilines is 2. The van der Waals surface area contributed by atoms with Crippen LogP contribution in [0.2, 0.25) is 0 Å². The Kier molecular flexibility index (Phi) is 6.38. The number of benzene rings is 2. The van der Waals surface area contributed by atoms with E-state index < -0.39 is 10.0 Å². The summed E-state index contributed by atoms with van der Waals surface area (Å²) < 4.78 is 29.5. The first-order valence-corrected chi connectivity index (χ1v) is 13.8. The van der Waals surface area contributed by atoms with Gasteiger partial charge in [0, 0.05) is 60.0 Å². The van der Waals surface area contributed by atoms with Gasteiger partial charge in [0.15, 0.2) is 5.13 Å². The van der Waals surface area contributed by atoms with Crippen LogP contribution in [0.25, 0.3) is 10.9 Å². The average Bonchev–Trinajstić information content (AvgIpc) is 3.51. The van der Waals surface area contributed by atoms with Crippen LogP contribution >= 0.6 is 11.3 Å². The van der Waals surface area contributed by atoms with Crippen molar-refractivity contribution in [2.45, 2.75) is 24.4 Å². The molecule has 2 aromatic carbocycles. The Labute approximate surface area is 213 Å². The molecule has 1 unspecified atom stereocenters. The van der Waals surface area contributed by atoms with Gasteiger partial charge in [-0.15, -0.1) is 11.3 Å². The zero-order chi connectivity index (χ0) is 25.3. The van der Waals surface area contributed by atoms with Crippen molar-refractivity contribution in [3.63, 3.8) is 0 Å². The van der Waals surface area contributed by atoms with Gasteiger partial charge in [0.2, 0.25) is 5.91 Å². The molecule has 5 rings (SSSR count). The molecule has 1 N–H and O–H groups in total. The Bertz CT molecular complexity index is 1540. The molecule has 0 bridgehead atoms. The monoisotopic (exact) mass is 520 g/mol. The summed E-state index contributed by atoms with van der Waals surface area (Å²) in [5.41, 5.74) is 2.33. The first-order valence-electron chi connectivity index (χ1n) is 11.4. The van der Waals surface area contributed by atoms with Crippen molar-refractivity contribution in [2.24, 2.45) is 0 Å². The number of amides is 1. The van der Waals surface area contributed by atoms with E-state index in [0.29, 0.717) is 30.3 Å². The van der Waals surface area contributed by atoms with Crippen LogP contribution in [0, 0.1) is 11.3 Å². The molecule has 2 aromatic heterocycles. The largest absolute Gasteiger partial charge is 0.368 e. The minimum Gasteiger partial charge on any atom is -0.368 e. The highest BCUT2D eigenvalue weighted by atomic mass is 32.2. The molecule has 184 valence electrons. The van der Waals surface area contributed by atoms with Gasteiger partial charge in [-0.05, 0) is 37.3 Å². The number of fused-ring (bicyclic) bond motifs is 1. The highest BCUT2D eigenvalue weighted by molar-refractivity contribution is 7.93. The third kappa shape index (κ3) is 4.65. The number of carbonyl (C=O) groups excluding carboxylic acids is 1. The highest BCUT2D eigenvalue weighted by Crippen LogP contribution is 2.25. The van der Waals surface area contributed by atoms with E-state index in [9.17, 15) is 18.5 Å². The second-order valence-electron chi connectivity index (χ2n) is 8.62. The maximum Gasteiger partial charge on any atom is 0.263 e. The second kappa shape index (κ2) is 9.64. The predicted molar refractivity (Wildman–Crippen MR) is 139 cm³/mol. The topological polar surface area (TPSA) is 111 Å². The second-order valence-corrected chi connectivity index (χ2v) is 11.2. The number of nitrogens with one attached hydrogen (secondary N) is 1. The van der Waals surface area contributed by atoms with Gasteiger partial charge in [-0.2, -0.15) is 5.26 Å². The van der Waals surface area contributed by atoms with Crippen LogP contribution < -0.4 is 9.62 Å². The number of piperazine rings is 1. The van der Waals surface area contributed by atoms with Gasteiger partial charge in [0.1, 0.15) is 12.6 Å². The van der Waals surface area contributed by atoms with Crippen molar-refractivity contribution in [2.75, 3.05) is 29.3 Å². The Hall–Kier alpha value is -3.88. The van der Waals surface area contributed by atoms with Gasteiger partial charge in [-0.1, -0.05) is 18.2 Å². The Morgan fingerprint density at radius 1 is 1.19 bits per heavy atom. The van der Waals surface area contributed by atoms with Crippen LogP contribution in [0.3, 0.4) is 0 Å². The number of nitrogens with zero attached hydrogens (tertiary/aromatic N) is 5. The summed E-state index contributed by atoms with van der Waals surface area (Å²) >= 11 is 1.22. The van der Waals surface area contributed by atoms with Crippen LogP contribution in [0.1, 0.15) is 12.5 Å². The van der Waals surface area contributed by atoms with Crippen molar-refractivity contribution in [1.82, 2.24) is 14.5 Å². The van der Waals surface area contributed by atoms with E-state index in [1.807, 2.05) is 40.7 Å². The fourth-order valence-electron chi connectivity index (χ4n) is 4.55. The first kappa shape index (κ1) is 23.8. The third-order valence-electron chi connectivity index (χ3n) is 6.33. The standard InChI is InChI=1S/C25H24N6O3S2/c1-18-15-29(20-6-8-21(9-7-20)36(33,34)28-25-27-10-13-35-25)11-12-31(18)24(32)17-30-16-19(14-26)22-4-2-3-5-23(22)30/h2-10,13,16,18H,11-12,15,17H2,1H3,(H,27,28). The lowest BCUT2D eigenvalue weighted by Crippen LogP contribution is -2.54. The molecule has 1 amide bonds. The minimum absolute atomic E-state index is 0.00194. The maximum atomic E-state index is 13.2. The molecule has 0 aliphatic carbocycles. The molecule has 1 aliphatic heterocycles. The van der Waals surface area contributed by atoms with Crippen molar-refractivity contribution in [1.29, 1.82) is 5.26 Å². The molecule has 1 atom stereocenters. The maximum absolute atomic E-state index is 13.2. The Morgan fingerprint density at radius 2 is 1.97 bits per heavy atom. The number of aromatic nitrogens is 2. The van der Waals surface area contributed by atoms with Gasteiger partial charge >= 0.3 is 0 Å². The highest BCUT2D eigenvalue weighted by Gasteiger charge is 2.28. The lowest BCUT2D eigenvalue weighted by molar-refractivity contribution is -0.134. The molecule has 4 aromatic rings. The summed E-state index contributed by atoms with van der Waals surface area (Å²) in [7, 11) is -3.70. The minimum atomic E-state index is -3.70. The van der Waals surface area contributed by atoms with Crippen molar-refractivity contribution < 1.29 is 13.2 Å². The van der Waals surface area contributed by atoms with Crippen LogP contribution in [-0.2, 0) is 21.4 Å². The molecular formula is C25H24N6O3S2. The van der Waals surface area contributed by atoms with Gasteiger partial charge in [0.05, 0.1) is 10.5 Å². The SMILES string of the molecule is CC1CN(c2ccc(S(=O)(=O)Nc3nccs3)cc2)CCN1C(=O)Cn1cc(C#N)c2ccccc21.